The van der Waals surface area contributed by atoms with E-state index < -0.39 is 33.2 Å². The molecule has 2 aromatic heterocycles. The number of benzene rings is 1. The first-order chi connectivity index (χ1) is 19.6. The molecule has 0 N–H and O–H groups in total. The van der Waals surface area contributed by atoms with E-state index in [0.29, 0.717) is 39.1 Å². The van der Waals surface area contributed by atoms with Crippen LogP contribution in [0.5, 0.6) is 0 Å². The number of nitrogens with zero attached hydrogens (tertiary/aromatic N) is 6. The Morgan fingerprint density at radius 2 is 1.43 bits per heavy atom. The van der Waals surface area contributed by atoms with E-state index in [2.05, 4.69) is 4.98 Å². The van der Waals surface area contributed by atoms with Gasteiger partial charge < -0.3 is 24.2 Å². The van der Waals surface area contributed by atoms with Crippen molar-refractivity contribution in [3.05, 3.63) is 47.8 Å². The van der Waals surface area contributed by atoms with Crippen LogP contribution >= 0.6 is 0 Å². The Labute approximate surface area is 246 Å². The molecular weight excluding hydrogens is 560 g/mol. The highest BCUT2D eigenvalue weighted by atomic mass is 32.2. The first-order valence-electron chi connectivity index (χ1n) is 14.0. The van der Waals surface area contributed by atoms with E-state index in [4.69, 9.17) is 14.6 Å². The molecule has 4 heterocycles. The number of sulfone groups is 1. The number of fused-ring (bicyclic) bond motifs is 3. The van der Waals surface area contributed by atoms with Gasteiger partial charge in [-0.15, -0.1) is 5.10 Å². The lowest BCUT2D eigenvalue weighted by Gasteiger charge is -2.36. The Morgan fingerprint density at radius 3 is 2.02 bits per heavy atom. The fourth-order valence-corrected chi connectivity index (χ4v) is 6.57. The molecule has 226 valence electrons. The van der Waals surface area contributed by atoms with E-state index in [1.807, 2.05) is 46.4 Å². The Balaban J connectivity index is 1.52. The highest BCUT2D eigenvalue weighted by Crippen LogP contribution is 2.35. The van der Waals surface area contributed by atoms with Gasteiger partial charge in [0.15, 0.2) is 16.4 Å². The van der Waals surface area contributed by atoms with Crippen LogP contribution in [0.4, 0.5) is 15.4 Å². The van der Waals surface area contributed by atoms with Crippen molar-refractivity contribution in [3.8, 4) is 0 Å². The topological polar surface area (TPSA) is 127 Å². The Morgan fingerprint density at radius 1 is 0.833 bits per heavy atom. The third-order valence-corrected chi connectivity index (χ3v) is 8.75. The smallest absolute Gasteiger partial charge is 0.410 e. The van der Waals surface area contributed by atoms with Gasteiger partial charge >= 0.3 is 12.2 Å². The van der Waals surface area contributed by atoms with E-state index in [1.54, 1.807) is 50.8 Å². The summed E-state index contributed by atoms with van der Waals surface area (Å²) >= 11 is 0. The van der Waals surface area contributed by atoms with Gasteiger partial charge in [-0.05, 0) is 53.7 Å². The summed E-state index contributed by atoms with van der Waals surface area (Å²) in [4.78, 5) is 35.2. The van der Waals surface area contributed by atoms with Gasteiger partial charge in [0, 0.05) is 50.9 Å². The van der Waals surface area contributed by atoms with E-state index in [1.165, 1.54) is 0 Å². The summed E-state index contributed by atoms with van der Waals surface area (Å²) in [6.07, 6.45) is 1.26. The molecule has 1 saturated heterocycles. The molecule has 0 spiro atoms. The van der Waals surface area contributed by atoms with Crippen molar-refractivity contribution >= 4 is 33.5 Å². The minimum Gasteiger partial charge on any atom is -0.444 e. The molecule has 5 rings (SSSR count). The molecule has 0 aliphatic carbocycles. The summed E-state index contributed by atoms with van der Waals surface area (Å²) in [5, 5.41) is 4.83. The number of anilines is 1. The number of ether oxygens (including phenoxy) is 2. The van der Waals surface area contributed by atoms with Crippen molar-refractivity contribution in [1.82, 2.24) is 24.4 Å². The molecule has 0 bridgehead atoms. The molecule has 2 aliphatic rings. The standard InChI is InChI=1S/C29H38N6O6S/c1-28(2,3)40-26(36)33-16-14-32(15-17-33)25-23(42(38,39)21-10-8-7-9-11-21)24-30-18-20-19-34(27(37)41-29(4,5)6)13-12-22(20)35(24)31-25/h7-11,18H,12-17,19H2,1-6H3. The van der Waals surface area contributed by atoms with E-state index >= 15 is 0 Å². The lowest BCUT2D eigenvalue weighted by molar-refractivity contribution is 0.0217. The number of hydrogen-bond acceptors (Lipinski definition) is 9. The number of piperazine rings is 1. The fourth-order valence-electron chi connectivity index (χ4n) is 5.03. The summed E-state index contributed by atoms with van der Waals surface area (Å²) in [6.45, 7) is 13.0. The molecule has 3 aromatic rings. The van der Waals surface area contributed by atoms with E-state index in [0.717, 1.165) is 11.3 Å². The summed E-state index contributed by atoms with van der Waals surface area (Å²) < 4.78 is 40.8. The van der Waals surface area contributed by atoms with Crippen LogP contribution in [-0.2, 0) is 32.3 Å². The highest BCUT2D eigenvalue weighted by molar-refractivity contribution is 7.91. The van der Waals surface area contributed by atoms with E-state index in [-0.39, 0.29) is 27.8 Å². The lowest BCUT2D eigenvalue weighted by Crippen LogP contribution is -2.50. The number of rotatable bonds is 3. The zero-order valence-corrected chi connectivity index (χ0v) is 25.8. The van der Waals surface area contributed by atoms with Crippen LogP contribution in [0.2, 0.25) is 0 Å². The zero-order chi connectivity index (χ0) is 30.4. The average molecular weight is 599 g/mol. The second-order valence-corrected chi connectivity index (χ2v) is 14.4. The number of hydrogen-bond donors (Lipinski definition) is 0. The Kier molecular flexibility index (Phi) is 7.58. The number of carbonyl (C=O) groups is 2. The maximum atomic E-state index is 14.1. The maximum absolute atomic E-state index is 14.1. The van der Waals surface area contributed by atoms with Crippen molar-refractivity contribution in [2.24, 2.45) is 0 Å². The van der Waals surface area contributed by atoms with Crippen LogP contribution in [0, 0.1) is 0 Å². The van der Waals surface area contributed by atoms with Crippen LogP contribution in [0.1, 0.15) is 52.8 Å². The fraction of sp³-hybridized carbons (Fsp3) is 0.517. The number of carbonyl (C=O) groups excluding carboxylic acids is 2. The van der Waals surface area contributed by atoms with E-state index in [9.17, 15) is 18.0 Å². The van der Waals surface area contributed by atoms with Crippen molar-refractivity contribution in [2.75, 3.05) is 37.6 Å². The minimum absolute atomic E-state index is 0.0248. The minimum atomic E-state index is -4.00. The summed E-state index contributed by atoms with van der Waals surface area (Å²) in [7, 11) is -4.00. The van der Waals surface area contributed by atoms with Gasteiger partial charge in [0.05, 0.1) is 17.1 Å². The van der Waals surface area contributed by atoms with Crippen molar-refractivity contribution in [1.29, 1.82) is 0 Å². The normalized spacial score (nSPS) is 16.4. The maximum Gasteiger partial charge on any atom is 0.410 e. The molecule has 2 amide bonds. The van der Waals surface area contributed by atoms with Gasteiger partial charge in [-0.3, -0.25) is 0 Å². The summed E-state index contributed by atoms with van der Waals surface area (Å²) in [5.74, 6) is 0.290. The molecule has 0 radical (unpaired) electrons. The van der Waals surface area contributed by atoms with Crippen molar-refractivity contribution in [3.63, 3.8) is 0 Å². The first-order valence-corrected chi connectivity index (χ1v) is 15.5. The largest absolute Gasteiger partial charge is 0.444 e. The Hall–Kier alpha value is -3.87. The molecule has 42 heavy (non-hydrogen) atoms. The molecular formula is C29H38N6O6S. The molecule has 0 unspecified atom stereocenters. The van der Waals surface area contributed by atoms with Gasteiger partial charge in [0.2, 0.25) is 9.84 Å². The van der Waals surface area contributed by atoms with Crippen molar-refractivity contribution in [2.45, 2.75) is 75.5 Å². The van der Waals surface area contributed by atoms with Gasteiger partial charge in [-0.1, -0.05) is 18.2 Å². The predicted octanol–water partition coefficient (Wildman–Crippen LogP) is 3.91. The quantitative estimate of drug-likeness (QED) is 0.441. The van der Waals surface area contributed by atoms with Gasteiger partial charge in [0.1, 0.15) is 11.2 Å². The van der Waals surface area contributed by atoms with Crippen LogP contribution in [0.15, 0.2) is 46.3 Å². The molecule has 2 aliphatic heterocycles. The second kappa shape index (κ2) is 10.8. The zero-order valence-electron chi connectivity index (χ0n) is 25.0. The third kappa shape index (κ3) is 6.01. The second-order valence-electron chi connectivity index (χ2n) is 12.5. The van der Waals surface area contributed by atoms with Gasteiger partial charge in [0.25, 0.3) is 0 Å². The molecule has 0 atom stereocenters. The molecule has 13 heteroatoms. The molecule has 1 fully saturated rings. The van der Waals surface area contributed by atoms with Crippen LogP contribution in [-0.4, -0.2) is 88.9 Å². The third-order valence-electron chi connectivity index (χ3n) is 6.96. The SMILES string of the molecule is CC(C)(C)OC(=O)N1CCN(c2nn3c4c(cnc3c2S(=O)(=O)c2ccccc2)CN(C(=O)OC(C)(C)C)CC4)CC1. The van der Waals surface area contributed by atoms with Crippen molar-refractivity contribution < 1.29 is 27.5 Å². The number of amides is 2. The van der Waals surface area contributed by atoms with Gasteiger partial charge in [-0.2, -0.15) is 0 Å². The molecule has 1 aromatic carbocycles. The Bertz CT molecular complexity index is 1600. The lowest BCUT2D eigenvalue weighted by atomic mass is 10.1. The predicted molar refractivity (Wildman–Crippen MR) is 155 cm³/mol. The van der Waals surface area contributed by atoms with Crippen LogP contribution in [0.3, 0.4) is 0 Å². The van der Waals surface area contributed by atoms with Crippen LogP contribution in [0.25, 0.3) is 5.65 Å². The van der Waals surface area contributed by atoms with Crippen LogP contribution < -0.4 is 4.90 Å². The summed E-state index contributed by atoms with van der Waals surface area (Å²) in [6, 6.07) is 8.23. The first kappa shape index (κ1) is 29.6. The summed E-state index contributed by atoms with van der Waals surface area (Å²) in [5.41, 5.74) is 0.559. The highest BCUT2D eigenvalue weighted by Gasteiger charge is 2.36. The van der Waals surface area contributed by atoms with Gasteiger partial charge in [-0.25, -0.2) is 27.5 Å². The number of aromatic nitrogens is 3. The molecule has 0 saturated carbocycles. The average Bonchev–Trinajstić information content (AvgIpc) is 3.32. The molecule has 12 nitrogen and oxygen atoms in total. The monoisotopic (exact) mass is 598 g/mol.